The molecule has 0 N–H and O–H groups in total. The van der Waals surface area contributed by atoms with E-state index in [1.165, 1.54) is 5.56 Å². The average molecular weight is 198 g/mol. The molecule has 0 unspecified atom stereocenters. The van der Waals surface area contributed by atoms with E-state index in [9.17, 15) is 0 Å². The number of hydrogen-bond acceptors (Lipinski definition) is 2. The predicted molar refractivity (Wildman–Crippen MR) is 57.7 cm³/mol. The van der Waals surface area contributed by atoms with E-state index in [0.717, 1.165) is 23.2 Å². The number of fused-ring (bicyclic) bond motifs is 1. The first-order valence-electron chi connectivity index (χ1n) is 4.90. The van der Waals surface area contributed by atoms with Gasteiger partial charge in [-0.15, -0.1) is 0 Å². The van der Waals surface area contributed by atoms with Gasteiger partial charge in [-0.1, -0.05) is 6.07 Å². The van der Waals surface area contributed by atoms with Crippen molar-refractivity contribution in [2.45, 2.75) is 6.42 Å². The summed E-state index contributed by atoms with van der Waals surface area (Å²) in [5.41, 5.74) is 2.16. The number of furan rings is 2. The highest BCUT2D eigenvalue weighted by Crippen LogP contribution is 2.19. The molecule has 2 heterocycles. The molecule has 0 radical (unpaired) electrons. The largest absolute Gasteiger partial charge is 0.469 e. The Morgan fingerprint density at radius 1 is 0.933 bits per heavy atom. The maximum atomic E-state index is 5.31. The highest BCUT2D eigenvalue weighted by molar-refractivity contribution is 5.77. The molecule has 1 aromatic carbocycles. The van der Waals surface area contributed by atoms with Gasteiger partial charge in [0.2, 0.25) is 0 Å². The molecule has 0 bridgehead atoms. The van der Waals surface area contributed by atoms with Crippen LogP contribution >= 0.6 is 0 Å². The van der Waals surface area contributed by atoms with Crippen LogP contribution < -0.4 is 0 Å². The minimum absolute atomic E-state index is 0.828. The van der Waals surface area contributed by atoms with Crippen molar-refractivity contribution in [1.82, 2.24) is 0 Å². The van der Waals surface area contributed by atoms with Crippen LogP contribution in [0.1, 0.15) is 11.3 Å². The monoisotopic (exact) mass is 198 g/mol. The maximum Gasteiger partial charge on any atom is 0.133 e. The molecule has 0 saturated heterocycles. The fraction of sp³-hybridized carbons (Fsp3) is 0.0769. The molecule has 3 aromatic rings. The first-order chi connectivity index (χ1) is 7.42. The van der Waals surface area contributed by atoms with E-state index >= 15 is 0 Å². The quantitative estimate of drug-likeness (QED) is 0.628. The van der Waals surface area contributed by atoms with Crippen LogP contribution in [0.2, 0.25) is 0 Å². The van der Waals surface area contributed by atoms with Gasteiger partial charge in [0.15, 0.2) is 0 Å². The molecule has 3 rings (SSSR count). The van der Waals surface area contributed by atoms with Crippen molar-refractivity contribution in [3.63, 3.8) is 0 Å². The molecule has 15 heavy (non-hydrogen) atoms. The normalized spacial score (nSPS) is 10.9. The molecule has 0 saturated carbocycles. The van der Waals surface area contributed by atoms with Gasteiger partial charge < -0.3 is 8.83 Å². The van der Waals surface area contributed by atoms with Crippen molar-refractivity contribution in [2.24, 2.45) is 0 Å². The van der Waals surface area contributed by atoms with Crippen molar-refractivity contribution >= 4 is 11.0 Å². The first kappa shape index (κ1) is 8.36. The van der Waals surface area contributed by atoms with Crippen molar-refractivity contribution < 1.29 is 8.83 Å². The van der Waals surface area contributed by atoms with Gasteiger partial charge in [0.1, 0.15) is 11.3 Å². The molecule has 0 atom stereocenters. The molecule has 74 valence electrons. The Labute approximate surface area is 87.1 Å². The maximum absolute atomic E-state index is 5.31. The second kappa shape index (κ2) is 3.31. The molecule has 2 nitrogen and oxygen atoms in total. The summed E-state index contributed by atoms with van der Waals surface area (Å²) in [5.74, 6) is 0.984. The summed E-state index contributed by atoms with van der Waals surface area (Å²) in [6, 6.07) is 12.1. The summed E-state index contributed by atoms with van der Waals surface area (Å²) < 4.78 is 10.6. The van der Waals surface area contributed by atoms with Crippen LogP contribution in [0.3, 0.4) is 0 Å². The fourth-order valence-electron chi connectivity index (χ4n) is 1.74. The van der Waals surface area contributed by atoms with Gasteiger partial charge in [0.25, 0.3) is 0 Å². The minimum atomic E-state index is 0.828. The molecule has 0 aliphatic rings. The van der Waals surface area contributed by atoms with E-state index in [2.05, 4.69) is 12.1 Å². The third kappa shape index (κ3) is 1.54. The Balaban J connectivity index is 1.97. The van der Waals surface area contributed by atoms with Crippen LogP contribution in [0.15, 0.2) is 57.8 Å². The molecule has 0 amide bonds. The lowest BCUT2D eigenvalue weighted by atomic mass is 10.1. The van der Waals surface area contributed by atoms with Crippen LogP contribution in [0.4, 0.5) is 0 Å². The first-order valence-corrected chi connectivity index (χ1v) is 4.90. The van der Waals surface area contributed by atoms with E-state index in [-0.39, 0.29) is 0 Å². The van der Waals surface area contributed by atoms with Gasteiger partial charge in [-0.25, -0.2) is 0 Å². The topological polar surface area (TPSA) is 26.3 Å². The van der Waals surface area contributed by atoms with Gasteiger partial charge in [0, 0.05) is 11.8 Å². The Hall–Kier alpha value is -1.96. The highest BCUT2D eigenvalue weighted by Gasteiger charge is 2.01. The summed E-state index contributed by atoms with van der Waals surface area (Å²) in [6.45, 7) is 0. The van der Waals surface area contributed by atoms with Crippen LogP contribution in [-0.2, 0) is 6.42 Å². The summed E-state index contributed by atoms with van der Waals surface area (Å²) in [5, 5.41) is 1.14. The molecular formula is C13H10O2. The summed E-state index contributed by atoms with van der Waals surface area (Å²) >= 11 is 0. The Kier molecular flexibility index (Phi) is 1.85. The third-order valence-electron chi connectivity index (χ3n) is 2.48. The van der Waals surface area contributed by atoms with E-state index in [1.54, 1.807) is 12.5 Å². The second-order valence-corrected chi connectivity index (χ2v) is 3.55. The number of benzene rings is 1. The highest BCUT2D eigenvalue weighted by atomic mass is 16.3. The minimum Gasteiger partial charge on any atom is -0.469 e. The zero-order chi connectivity index (χ0) is 10.1. The molecule has 0 aliphatic carbocycles. The lowest BCUT2D eigenvalue weighted by Crippen LogP contribution is -1.84. The van der Waals surface area contributed by atoms with E-state index in [0.29, 0.717) is 0 Å². The van der Waals surface area contributed by atoms with Gasteiger partial charge in [-0.2, -0.15) is 0 Å². The van der Waals surface area contributed by atoms with Crippen molar-refractivity contribution in [3.8, 4) is 0 Å². The van der Waals surface area contributed by atoms with Crippen molar-refractivity contribution in [3.05, 3.63) is 60.2 Å². The van der Waals surface area contributed by atoms with Gasteiger partial charge >= 0.3 is 0 Å². The van der Waals surface area contributed by atoms with Crippen LogP contribution in [0, 0.1) is 0 Å². The Morgan fingerprint density at radius 3 is 2.80 bits per heavy atom. The third-order valence-corrected chi connectivity index (χ3v) is 2.48. The molecule has 2 aromatic heterocycles. The lowest BCUT2D eigenvalue weighted by molar-refractivity contribution is 0.521. The number of rotatable bonds is 2. The summed E-state index contributed by atoms with van der Waals surface area (Å²) in [6.07, 6.45) is 4.24. The summed E-state index contributed by atoms with van der Waals surface area (Å²) in [4.78, 5) is 0. The molecule has 0 aliphatic heterocycles. The number of hydrogen-bond donors (Lipinski definition) is 0. The molecule has 0 spiro atoms. The zero-order valence-electron chi connectivity index (χ0n) is 8.14. The van der Waals surface area contributed by atoms with E-state index in [4.69, 9.17) is 8.83 Å². The Bertz CT molecular complexity index is 561. The Morgan fingerprint density at radius 2 is 1.93 bits per heavy atom. The van der Waals surface area contributed by atoms with Crippen molar-refractivity contribution in [2.75, 3.05) is 0 Å². The predicted octanol–water partition coefficient (Wildman–Crippen LogP) is 3.62. The van der Waals surface area contributed by atoms with Gasteiger partial charge in [-0.3, -0.25) is 0 Å². The molecule has 2 heteroatoms. The van der Waals surface area contributed by atoms with Gasteiger partial charge in [0.05, 0.1) is 12.5 Å². The van der Waals surface area contributed by atoms with Crippen LogP contribution in [0.25, 0.3) is 11.0 Å². The van der Waals surface area contributed by atoms with E-state index < -0.39 is 0 Å². The smallest absolute Gasteiger partial charge is 0.133 e. The fourth-order valence-corrected chi connectivity index (χ4v) is 1.74. The lowest BCUT2D eigenvalue weighted by Gasteiger charge is -1.97. The van der Waals surface area contributed by atoms with Gasteiger partial charge in [-0.05, 0) is 35.9 Å². The van der Waals surface area contributed by atoms with Crippen LogP contribution in [-0.4, -0.2) is 0 Å². The molecule has 0 fully saturated rings. The summed E-state index contributed by atoms with van der Waals surface area (Å²) in [7, 11) is 0. The SMILES string of the molecule is c1coc(Cc2ccc3occc3c2)c1. The van der Waals surface area contributed by atoms with Crippen molar-refractivity contribution in [1.29, 1.82) is 0 Å². The zero-order valence-corrected chi connectivity index (χ0v) is 8.14. The standard InChI is InChI=1S/C13H10O2/c1-2-12(14-6-1)9-10-3-4-13-11(8-10)5-7-15-13/h1-8H,9H2. The van der Waals surface area contributed by atoms with E-state index in [1.807, 2.05) is 24.3 Å². The average Bonchev–Trinajstić information content (AvgIpc) is 2.87. The molecular weight excluding hydrogens is 188 g/mol. The van der Waals surface area contributed by atoms with Crippen LogP contribution in [0.5, 0.6) is 0 Å². The second-order valence-electron chi connectivity index (χ2n) is 3.55.